The van der Waals surface area contributed by atoms with Gasteiger partial charge in [0.25, 0.3) is 5.91 Å². The van der Waals surface area contributed by atoms with Gasteiger partial charge in [0, 0.05) is 26.2 Å². The minimum absolute atomic E-state index is 0.0573. The van der Waals surface area contributed by atoms with Crippen molar-refractivity contribution in [2.24, 2.45) is 10.4 Å². The maximum Gasteiger partial charge on any atom is 0.263 e. The van der Waals surface area contributed by atoms with Crippen LogP contribution in [0.15, 0.2) is 10.5 Å². The van der Waals surface area contributed by atoms with Crippen molar-refractivity contribution in [1.82, 2.24) is 20.9 Å². The molecule has 1 aliphatic carbocycles. The molecule has 0 radical (unpaired) electrons. The Morgan fingerprint density at radius 2 is 2.04 bits per heavy atom. The Bertz CT molecular complexity index is 560. The van der Waals surface area contributed by atoms with Crippen LogP contribution >= 0.6 is 11.3 Å². The first-order chi connectivity index (χ1) is 11.6. The summed E-state index contributed by atoms with van der Waals surface area (Å²) in [4.78, 5) is 21.5. The van der Waals surface area contributed by atoms with Crippen molar-refractivity contribution in [3.05, 3.63) is 16.1 Å². The van der Waals surface area contributed by atoms with Gasteiger partial charge in [0.05, 0.1) is 11.2 Å². The van der Waals surface area contributed by atoms with E-state index in [2.05, 4.69) is 34.8 Å². The van der Waals surface area contributed by atoms with Gasteiger partial charge >= 0.3 is 0 Å². The number of nitrogens with one attached hydrogen (secondary N) is 3. The average Bonchev–Trinajstić information content (AvgIpc) is 2.96. The van der Waals surface area contributed by atoms with E-state index < -0.39 is 0 Å². The summed E-state index contributed by atoms with van der Waals surface area (Å²) in [6, 6.07) is 0. The number of thiazole rings is 1. The molecule has 6 nitrogen and oxygen atoms in total. The predicted octanol–water partition coefficient (Wildman–Crippen LogP) is 2.32. The molecule has 0 unspecified atom stereocenters. The van der Waals surface area contributed by atoms with E-state index >= 15 is 0 Å². The minimum atomic E-state index is -0.0573. The van der Waals surface area contributed by atoms with Crippen LogP contribution in [0.25, 0.3) is 0 Å². The molecule has 1 saturated carbocycles. The summed E-state index contributed by atoms with van der Waals surface area (Å²) < 4.78 is 0. The first-order valence-electron chi connectivity index (χ1n) is 8.80. The molecule has 7 heteroatoms. The van der Waals surface area contributed by atoms with E-state index in [9.17, 15) is 4.79 Å². The lowest BCUT2D eigenvalue weighted by Crippen LogP contribution is -2.42. The maximum atomic E-state index is 12.0. The fraction of sp³-hybridized carbons (Fsp3) is 0.706. The quantitative estimate of drug-likeness (QED) is 0.381. The number of rotatable bonds is 8. The molecule has 1 fully saturated rings. The van der Waals surface area contributed by atoms with Gasteiger partial charge in [-0.3, -0.25) is 9.79 Å². The van der Waals surface area contributed by atoms with E-state index in [1.807, 2.05) is 6.92 Å². The van der Waals surface area contributed by atoms with Gasteiger partial charge < -0.3 is 16.0 Å². The summed E-state index contributed by atoms with van der Waals surface area (Å²) >= 11 is 1.37. The van der Waals surface area contributed by atoms with Crippen molar-refractivity contribution in [2.75, 3.05) is 26.2 Å². The number of aromatic nitrogens is 1. The van der Waals surface area contributed by atoms with Crippen molar-refractivity contribution in [2.45, 2.75) is 46.5 Å². The lowest BCUT2D eigenvalue weighted by Gasteiger charge is -2.40. The second kappa shape index (κ2) is 9.01. The molecule has 3 N–H and O–H groups in total. The smallest absolute Gasteiger partial charge is 0.263 e. The molecule has 1 amide bonds. The van der Waals surface area contributed by atoms with Gasteiger partial charge in [-0.25, -0.2) is 4.98 Å². The summed E-state index contributed by atoms with van der Waals surface area (Å²) in [5.41, 5.74) is 2.90. The number of aryl methyl sites for hydroxylation is 1. The van der Waals surface area contributed by atoms with Crippen molar-refractivity contribution in [3.8, 4) is 0 Å². The van der Waals surface area contributed by atoms with Crippen LogP contribution in [0.5, 0.6) is 0 Å². The molecule has 1 aliphatic rings. The number of guanidine groups is 1. The van der Waals surface area contributed by atoms with Crippen molar-refractivity contribution in [3.63, 3.8) is 0 Å². The summed E-state index contributed by atoms with van der Waals surface area (Å²) in [6.45, 7) is 9.08. The van der Waals surface area contributed by atoms with Gasteiger partial charge in [-0.15, -0.1) is 11.3 Å². The van der Waals surface area contributed by atoms with E-state index in [1.54, 1.807) is 5.51 Å². The molecule has 0 aliphatic heterocycles. The summed E-state index contributed by atoms with van der Waals surface area (Å²) in [6.07, 6.45) is 5.10. The molecule has 0 atom stereocenters. The van der Waals surface area contributed by atoms with E-state index in [0.29, 0.717) is 23.4 Å². The van der Waals surface area contributed by atoms with Gasteiger partial charge in [-0.05, 0) is 38.5 Å². The molecule has 0 saturated heterocycles. The summed E-state index contributed by atoms with van der Waals surface area (Å²) in [7, 11) is 0. The van der Waals surface area contributed by atoms with Gasteiger partial charge in [-0.1, -0.05) is 13.3 Å². The lowest BCUT2D eigenvalue weighted by molar-refractivity contribution is 0.0957. The zero-order valence-corrected chi connectivity index (χ0v) is 15.8. The van der Waals surface area contributed by atoms with Gasteiger partial charge in [0.2, 0.25) is 0 Å². The van der Waals surface area contributed by atoms with Crippen LogP contribution in [0.2, 0.25) is 0 Å². The van der Waals surface area contributed by atoms with Crippen LogP contribution in [-0.4, -0.2) is 43.0 Å². The first kappa shape index (κ1) is 18.7. The summed E-state index contributed by atoms with van der Waals surface area (Å²) in [5, 5.41) is 9.48. The Kier molecular flexibility index (Phi) is 7.02. The highest BCUT2D eigenvalue weighted by Gasteiger charge is 2.34. The maximum absolute atomic E-state index is 12.0. The number of amides is 1. The highest BCUT2D eigenvalue weighted by atomic mass is 32.1. The molecule has 24 heavy (non-hydrogen) atoms. The fourth-order valence-corrected chi connectivity index (χ4v) is 3.56. The van der Waals surface area contributed by atoms with E-state index in [1.165, 1.54) is 37.0 Å². The SMILES string of the molecule is CCNC(=NCC1(CC)CCC1)NCCNC(=O)c1scnc1C. The molecule has 134 valence electrons. The van der Waals surface area contributed by atoms with Crippen molar-refractivity contribution < 1.29 is 4.79 Å². The van der Waals surface area contributed by atoms with E-state index in [-0.39, 0.29) is 5.91 Å². The average molecular weight is 352 g/mol. The topological polar surface area (TPSA) is 78.4 Å². The Morgan fingerprint density at radius 3 is 2.58 bits per heavy atom. The zero-order valence-electron chi connectivity index (χ0n) is 14.9. The number of carbonyl (C=O) groups is 1. The highest BCUT2D eigenvalue weighted by Crippen LogP contribution is 2.43. The first-order valence-corrected chi connectivity index (χ1v) is 9.68. The third-order valence-corrected chi connectivity index (χ3v) is 5.66. The largest absolute Gasteiger partial charge is 0.357 e. The fourth-order valence-electron chi connectivity index (χ4n) is 2.85. The Hall–Kier alpha value is -1.63. The standard InChI is InChI=1S/C17H29N5OS/c1-4-17(7-6-8-17)11-21-16(18-5-2)20-10-9-19-15(23)14-13(3)22-12-24-14/h12H,4-11H2,1-3H3,(H,19,23)(H2,18,20,21). The van der Waals surface area contributed by atoms with Crippen LogP contribution in [0, 0.1) is 12.3 Å². The molecular formula is C17H29N5OS. The molecule has 1 heterocycles. The van der Waals surface area contributed by atoms with Crippen LogP contribution in [0.4, 0.5) is 0 Å². The third-order valence-electron chi connectivity index (χ3n) is 4.74. The monoisotopic (exact) mass is 351 g/mol. The second-order valence-electron chi connectivity index (χ2n) is 6.35. The summed E-state index contributed by atoms with van der Waals surface area (Å²) in [5.74, 6) is 0.776. The van der Waals surface area contributed by atoms with Crippen LogP contribution in [0.1, 0.15) is 54.9 Å². The van der Waals surface area contributed by atoms with E-state index in [0.717, 1.165) is 24.7 Å². The van der Waals surface area contributed by atoms with Crippen LogP contribution in [-0.2, 0) is 0 Å². The van der Waals surface area contributed by atoms with Gasteiger partial charge in [0.1, 0.15) is 4.88 Å². The van der Waals surface area contributed by atoms with Gasteiger partial charge in [-0.2, -0.15) is 0 Å². The molecule has 0 aromatic carbocycles. The van der Waals surface area contributed by atoms with Crippen molar-refractivity contribution in [1.29, 1.82) is 0 Å². The molecule has 0 spiro atoms. The van der Waals surface area contributed by atoms with E-state index in [4.69, 9.17) is 4.99 Å². The Morgan fingerprint density at radius 1 is 1.29 bits per heavy atom. The normalized spacial score (nSPS) is 16.4. The lowest BCUT2D eigenvalue weighted by atomic mass is 9.67. The number of hydrogen-bond acceptors (Lipinski definition) is 4. The number of carbonyl (C=O) groups excluding carboxylic acids is 1. The Labute approximate surface area is 148 Å². The Balaban J connectivity index is 1.75. The molecule has 0 bridgehead atoms. The minimum Gasteiger partial charge on any atom is -0.357 e. The molecular weight excluding hydrogens is 322 g/mol. The second-order valence-corrected chi connectivity index (χ2v) is 7.21. The molecule has 1 aromatic rings. The molecule has 2 rings (SSSR count). The molecule has 1 aromatic heterocycles. The number of nitrogens with zero attached hydrogens (tertiary/aromatic N) is 2. The number of aliphatic imine (C=N–C) groups is 1. The number of hydrogen-bond donors (Lipinski definition) is 3. The van der Waals surface area contributed by atoms with Crippen LogP contribution in [0.3, 0.4) is 0 Å². The highest BCUT2D eigenvalue weighted by molar-refractivity contribution is 7.11. The zero-order chi connectivity index (χ0) is 17.4. The van der Waals surface area contributed by atoms with Crippen molar-refractivity contribution >= 4 is 23.2 Å². The predicted molar refractivity (Wildman–Crippen MR) is 99.7 cm³/mol. The van der Waals surface area contributed by atoms with Crippen LogP contribution < -0.4 is 16.0 Å². The third kappa shape index (κ3) is 4.93. The van der Waals surface area contributed by atoms with Gasteiger partial charge in [0.15, 0.2) is 5.96 Å².